The van der Waals surface area contributed by atoms with E-state index >= 15 is 0 Å². The van der Waals surface area contributed by atoms with Crippen molar-refractivity contribution in [3.05, 3.63) is 0 Å². The molecule has 1 unspecified atom stereocenters. The normalized spacial score (nSPS) is 24.5. The molecule has 0 N–H and O–H groups in total. The molecular formula is C8H14N2O2S. The summed E-state index contributed by atoms with van der Waals surface area (Å²) >= 11 is 0. The van der Waals surface area contributed by atoms with Crippen molar-refractivity contribution in [1.82, 2.24) is 4.31 Å². The van der Waals surface area contributed by atoms with Crippen LogP contribution in [0.2, 0.25) is 0 Å². The highest BCUT2D eigenvalue weighted by molar-refractivity contribution is 7.89. The summed E-state index contributed by atoms with van der Waals surface area (Å²) in [5.41, 5.74) is 0. The molecule has 1 atom stereocenters. The smallest absolute Gasteiger partial charge is 0.212 e. The minimum Gasteiger partial charge on any atom is -0.212 e. The Bertz CT molecular complexity index is 305. The zero-order valence-corrected chi connectivity index (χ0v) is 8.55. The van der Waals surface area contributed by atoms with Crippen LogP contribution in [0.3, 0.4) is 0 Å². The molecule has 1 rings (SSSR count). The van der Waals surface area contributed by atoms with Gasteiger partial charge in [0.2, 0.25) is 10.0 Å². The molecule has 1 saturated heterocycles. The van der Waals surface area contributed by atoms with Crippen molar-refractivity contribution in [3.63, 3.8) is 0 Å². The maximum absolute atomic E-state index is 11.4. The van der Waals surface area contributed by atoms with Crippen molar-refractivity contribution in [3.8, 4) is 6.07 Å². The molecule has 0 amide bonds. The molecule has 0 saturated carbocycles. The molecule has 5 heteroatoms. The summed E-state index contributed by atoms with van der Waals surface area (Å²) < 4.78 is 24.3. The Morgan fingerprint density at radius 2 is 2.31 bits per heavy atom. The zero-order chi connectivity index (χ0) is 9.90. The molecular weight excluding hydrogens is 188 g/mol. The van der Waals surface area contributed by atoms with Gasteiger partial charge < -0.3 is 0 Å². The van der Waals surface area contributed by atoms with Crippen molar-refractivity contribution < 1.29 is 8.42 Å². The third-order valence-corrected chi connectivity index (χ3v) is 4.23. The molecule has 0 aromatic rings. The van der Waals surface area contributed by atoms with Crippen LogP contribution < -0.4 is 0 Å². The topological polar surface area (TPSA) is 61.2 Å². The number of nitriles is 1. The highest BCUT2D eigenvalue weighted by atomic mass is 32.2. The first kappa shape index (κ1) is 10.5. The van der Waals surface area contributed by atoms with E-state index in [1.165, 1.54) is 4.31 Å². The summed E-state index contributed by atoms with van der Waals surface area (Å²) in [7, 11) is -3.03. The zero-order valence-electron chi connectivity index (χ0n) is 7.73. The minimum atomic E-state index is -3.03. The summed E-state index contributed by atoms with van der Waals surface area (Å²) in [4.78, 5) is 0. The van der Waals surface area contributed by atoms with E-state index in [9.17, 15) is 8.42 Å². The van der Waals surface area contributed by atoms with Crippen LogP contribution in [0.15, 0.2) is 0 Å². The Kier molecular flexibility index (Phi) is 3.28. The molecule has 1 heterocycles. The fraction of sp³-hybridized carbons (Fsp3) is 0.875. The van der Waals surface area contributed by atoms with E-state index in [1.54, 1.807) is 6.92 Å². The standard InChI is InChI=1S/C8H14N2O2S/c1-2-13(11,12)10-6-4-8(7-10)3-5-9/h8H,2-4,6-7H2,1H3. The Labute approximate surface area is 79.2 Å². The van der Waals surface area contributed by atoms with Crippen LogP contribution in [-0.4, -0.2) is 31.6 Å². The van der Waals surface area contributed by atoms with E-state index in [-0.39, 0.29) is 11.7 Å². The first-order chi connectivity index (χ1) is 6.10. The molecule has 4 nitrogen and oxygen atoms in total. The second-order valence-electron chi connectivity index (χ2n) is 3.28. The van der Waals surface area contributed by atoms with Crippen molar-refractivity contribution in [1.29, 1.82) is 5.26 Å². The van der Waals surface area contributed by atoms with Gasteiger partial charge in [-0.15, -0.1) is 0 Å². The van der Waals surface area contributed by atoms with Crippen molar-refractivity contribution in [2.45, 2.75) is 19.8 Å². The van der Waals surface area contributed by atoms with Crippen molar-refractivity contribution in [2.24, 2.45) is 5.92 Å². The summed E-state index contributed by atoms with van der Waals surface area (Å²) in [5, 5.41) is 8.45. The molecule has 74 valence electrons. The maximum atomic E-state index is 11.4. The molecule has 0 spiro atoms. The Morgan fingerprint density at radius 3 is 2.85 bits per heavy atom. The number of rotatable bonds is 3. The predicted octanol–water partition coefficient (Wildman–Crippen LogP) is 0.572. The van der Waals surface area contributed by atoms with Gasteiger partial charge in [0.05, 0.1) is 11.8 Å². The third kappa shape index (κ3) is 2.42. The molecule has 1 aliphatic heterocycles. The molecule has 0 aliphatic carbocycles. The van der Waals surface area contributed by atoms with Gasteiger partial charge in [0.1, 0.15) is 0 Å². The third-order valence-electron chi connectivity index (χ3n) is 2.39. The summed E-state index contributed by atoms with van der Waals surface area (Å²) in [5.74, 6) is 0.401. The molecule has 0 aromatic carbocycles. The number of nitrogens with zero attached hydrogens (tertiary/aromatic N) is 2. The SMILES string of the molecule is CCS(=O)(=O)N1CCC(CC#N)C1. The van der Waals surface area contributed by atoms with Gasteiger partial charge in [0.25, 0.3) is 0 Å². The van der Waals surface area contributed by atoms with Gasteiger partial charge in [-0.3, -0.25) is 0 Å². The van der Waals surface area contributed by atoms with Gasteiger partial charge in [-0.2, -0.15) is 5.26 Å². The fourth-order valence-corrected chi connectivity index (χ4v) is 2.71. The molecule has 1 aliphatic rings. The lowest BCUT2D eigenvalue weighted by molar-refractivity contribution is 0.459. The maximum Gasteiger partial charge on any atom is 0.213 e. The van der Waals surface area contributed by atoms with E-state index in [2.05, 4.69) is 6.07 Å². The van der Waals surface area contributed by atoms with Gasteiger partial charge in [-0.1, -0.05) is 0 Å². The van der Waals surface area contributed by atoms with E-state index in [0.717, 1.165) is 6.42 Å². The van der Waals surface area contributed by atoms with E-state index in [4.69, 9.17) is 5.26 Å². The monoisotopic (exact) mass is 202 g/mol. The van der Waals surface area contributed by atoms with Crippen LogP contribution in [0, 0.1) is 17.2 Å². The summed E-state index contributed by atoms with van der Waals surface area (Å²) in [6.07, 6.45) is 1.29. The van der Waals surface area contributed by atoms with Gasteiger partial charge in [-0.05, 0) is 19.3 Å². The quantitative estimate of drug-likeness (QED) is 0.672. The van der Waals surface area contributed by atoms with Gasteiger partial charge in [0.15, 0.2) is 0 Å². The Balaban J connectivity index is 2.56. The van der Waals surface area contributed by atoms with Gasteiger partial charge in [0, 0.05) is 19.5 Å². The van der Waals surface area contributed by atoms with E-state index < -0.39 is 10.0 Å². The molecule has 0 bridgehead atoms. The van der Waals surface area contributed by atoms with Gasteiger partial charge in [-0.25, -0.2) is 12.7 Å². The molecule has 1 fully saturated rings. The minimum absolute atomic E-state index is 0.159. The van der Waals surface area contributed by atoms with Crippen LogP contribution in [0.4, 0.5) is 0 Å². The number of hydrogen-bond acceptors (Lipinski definition) is 3. The summed E-state index contributed by atoms with van der Waals surface area (Å²) in [6, 6.07) is 2.08. The highest BCUT2D eigenvalue weighted by Gasteiger charge is 2.29. The Hall–Kier alpha value is -0.600. The highest BCUT2D eigenvalue weighted by Crippen LogP contribution is 2.21. The lowest BCUT2D eigenvalue weighted by atomic mass is 10.1. The van der Waals surface area contributed by atoms with Crippen LogP contribution in [-0.2, 0) is 10.0 Å². The van der Waals surface area contributed by atoms with Crippen LogP contribution in [0.25, 0.3) is 0 Å². The van der Waals surface area contributed by atoms with Crippen LogP contribution >= 0.6 is 0 Å². The van der Waals surface area contributed by atoms with E-state index in [1.807, 2.05) is 0 Å². The molecule has 13 heavy (non-hydrogen) atoms. The average molecular weight is 202 g/mol. The number of sulfonamides is 1. The van der Waals surface area contributed by atoms with Crippen molar-refractivity contribution in [2.75, 3.05) is 18.8 Å². The van der Waals surface area contributed by atoms with Gasteiger partial charge >= 0.3 is 0 Å². The fourth-order valence-electron chi connectivity index (χ4n) is 1.53. The summed E-state index contributed by atoms with van der Waals surface area (Å²) in [6.45, 7) is 2.76. The van der Waals surface area contributed by atoms with Crippen LogP contribution in [0.1, 0.15) is 19.8 Å². The number of hydrogen-bond donors (Lipinski definition) is 0. The predicted molar refractivity (Wildman–Crippen MR) is 49.4 cm³/mol. The Morgan fingerprint density at radius 1 is 1.62 bits per heavy atom. The average Bonchev–Trinajstić information content (AvgIpc) is 2.54. The van der Waals surface area contributed by atoms with Crippen LogP contribution in [0.5, 0.6) is 0 Å². The second-order valence-corrected chi connectivity index (χ2v) is 5.53. The largest absolute Gasteiger partial charge is 0.213 e. The van der Waals surface area contributed by atoms with Crippen molar-refractivity contribution >= 4 is 10.0 Å². The second kappa shape index (κ2) is 4.07. The van der Waals surface area contributed by atoms with E-state index in [0.29, 0.717) is 19.5 Å². The molecule has 0 aromatic heterocycles. The lowest BCUT2D eigenvalue weighted by Crippen LogP contribution is -2.30. The first-order valence-electron chi connectivity index (χ1n) is 4.45. The molecule has 0 radical (unpaired) electrons. The lowest BCUT2D eigenvalue weighted by Gasteiger charge is -2.14. The first-order valence-corrected chi connectivity index (χ1v) is 6.06.